The Balaban J connectivity index is 3.81. The maximum atomic E-state index is 11.8. The van der Waals surface area contributed by atoms with Crippen LogP contribution in [0.3, 0.4) is 0 Å². The monoisotopic (exact) mass is 227 g/mol. The Labute approximate surface area is 86.7 Å². The molecule has 2 atom stereocenters. The summed E-state index contributed by atoms with van der Waals surface area (Å²) in [5.74, 6) is -0.333. The lowest BCUT2D eigenvalue weighted by atomic mass is 10.1. The summed E-state index contributed by atoms with van der Waals surface area (Å²) < 4.78 is 35.5. The maximum absolute atomic E-state index is 11.8. The van der Waals surface area contributed by atoms with Crippen LogP contribution < -0.4 is 5.32 Å². The summed E-state index contributed by atoms with van der Waals surface area (Å²) in [4.78, 5) is 11.1. The summed E-state index contributed by atoms with van der Waals surface area (Å²) in [7, 11) is 0. The minimum atomic E-state index is -4.68. The molecule has 0 aliphatic heterocycles. The largest absolute Gasteiger partial charge is 0.416 e. The molecular formula is C9H16F3NO2. The Hall–Kier alpha value is -0.780. The van der Waals surface area contributed by atoms with Crippen LogP contribution in [0, 0.1) is 5.92 Å². The van der Waals surface area contributed by atoms with Gasteiger partial charge >= 0.3 is 6.18 Å². The molecule has 0 aromatic carbocycles. The molecule has 0 spiro atoms. The highest BCUT2D eigenvalue weighted by molar-refractivity contribution is 5.76. The minimum absolute atomic E-state index is 0.132. The van der Waals surface area contributed by atoms with Gasteiger partial charge in [-0.3, -0.25) is 4.79 Å². The first-order valence-electron chi connectivity index (χ1n) is 4.78. The highest BCUT2D eigenvalue weighted by Gasteiger charge is 2.38. The molecule has 15 heavy (non-hydrogen) atoms. The average molecular weight is 227 g/mol. The van der Waals surface area contributed by atoms with Gasteiger partial charge in [-0.1, -0.05) is 20.3 Å². The first kappa shape index (κ1) is 14.2. The van der Waals surface area contributed by atoms with E-state index in [2.05, 4.69) is 0 Å². The minimum Gasteiger partial charge on any atom is -0.382 e. The summed E-state index contributed by atoms with van der Waals surface area (Å²) >= 11 is 0. The highest BCUT2D eigenvalue weighted by Crippen LogP contribution is 2.19. The van der Waals surface area contributed by atoms with Crippen molar-refractivity contribution in [2.45, 2.75) is 39.0 Å². The molecule has 0 aromatic rings. The van der Waals surface area contributed by atoms with Crippen LogP contribution in [0.15, 0.2) is 0 Å². The van der Waals surface area contributed by atoms with Gasteiger partial charge < -0.3 is 10.4 Å². The molecule has 90 valence electrons. The van der Waals surface area contributed by atoms with E-state index in [-0.39, 0.29) is 12.3 Å². The molecule has 0 aromatic heterocycles. The van der Waals surface area contributed by atoms with Crippen molar-refractivity contribution in [3.05, 3.63) is 0 Å². The van der Waals surface area contributed by atoms with E-state index in [1.54, 1.807) is 0 Å². The normalized spacial score (nSPS) is 15.9. The third kappa shape index (κ3) is 6.33. The SMILES string of the molecule is CCC(C)CC(=O)NCC(O)C(F)(F)F. The van der Waals surface area contributed by atoms with Crippen LogP contribution in [0.4, 0.5) is 13.2 Å². The number of carbonyl (C=O) groups is 1. The Kier molecular flexibility index (Phi) is 5.64. The van der Waals surface area contributed by atoms with Crippen LogP contribution in [0.1, 0.15) is 26.7 Å². The smallest absolute Gasteiger partial charge is 0.382 e. The predicted octanol–water partition coefficient (Wildman–Crippen LogP) is 1.46. The highest BCUT2D eigenvalue weighted by atomic mass is 19.4. The van der Waals surface area contributed by atoms with Gasteiger partial charge in [-0.15, -0.1) is 0 Å². The Morgan fingerprint density at radius 2 is 2.00 bits per heavy atom. The lowest BCUT2D eigenvalue weighted by Crippen LogP contribution is -2.41. The molecule has 0 aliphatic rings. The Morgan fingerprint density at radius 3 is 2.40 bits per heavy atom. The van der Waals surface area contributed by atoms with Gasteiger partial charge in [0.25, 0.3) is 0 Å². The third-order valence-electron chi connectivity index (χ3n) is 2.10. The first-order valence-corrected chi connectivity index (χ1v) is 4.78. The van der Waals surface area contributed by atoms with Crippen LogP contribution in [-0.2, 0) is 4.79 Å². The molecule has 0 saturated heterocycles. The molecule has 2 N–H and O–H groups in total. The number of hydrogen-bond donors (Lipinski definition) is 2. The molecular weight excluding hydrogens is 211 g/mol. The molecule has 2 unspecified atom stereocenters. The number of rotatable bonds is 5. The van der Waals surface area contributed by atoms with E-state index in [9.17, 15) is 18.0 Å². The van der Waals surface area contributed by atoms with Crippen molar-refractivity contribution in [2.24, 2.45) is 5.92 Å². The molecule has 0 heterocycles. The third-order valence-corrected chi connectivity index (χ3v) is 2.10. The lowest BCUT2D eigenvalue weighted by Gasteiger charge is -2.15. The lowest BCUT2D eigenvalue weighted by molar-refractivity contribution is -0.201. The number of nitrogens with one attached hydrogen (secondary N) is 1. The van der Waals surface area contributed by atoms with E-state index < -0.39 is 24.7 Å². The van der Waals surface area contributed by atoms with Gasteiger partial charge in [-0.25, -0.2) is 0 Å². The standard InChI is InChI=1S/C9H16F3NO2/c1-3-6(2)4-8(15)13-5-7(14)9(10,11)12/h6-7,14H,3-5H2,1-2H3,(H,13,15). The summed E-state index contributed by atoms with van der Waals surface area (Å²) in [6.07, 6.45) is -6.20. The summed E-state index contributed by atoms with van der Waals surface area (Å²) in [6, 6.07) is 0. The Morgan fingerprint density at radius 1 is 1.47 bits per heavy atom. The number of aliphatic hydroxyl groups excluding tert-OH is 1. The molecule has 1 amide bonds. The molecule has 0 saturated carbocycles. The van der Waals surface area contributed by atoms with Crippen molar-refractivity contribution in [3.8, 4) is 0 Å². The van der Waals surface area contributed by atoms with Crippen molar-refractivity contribution in [3.63, 3.8) is 0 Å². The number of alkyl halides is 3. The van der Waals surface area contributed by atoms with Crippen LogP contribution in [0.5, 0.6) is 0 Å². The second-order valence-corrected chi connectivity index (χ2v) is 3.58. The van der Waals surface area contributed by atoms with Crippen LogP contribution in [0.25, 0.3) is 0 Å². The van der Waals surface area contributed by atoms with E-state index in [0.717, 1.165) is 6.42 Å². The average Bonchev–Trinajstić information content (AvgIpc) is 2.12. The molecule has 0 fully saturated rings. The van der Waals surface area contributed by atoms with Gasteiger partial charge in [0, 0.05) is 6.42 Å². The zero-order chi connectivity index (χ0) is 12.1. The number of amides is 1. The zero-order valence-electron chi connectivity index (χ0n) is 8.77. The number of carbonyl (C=O) groups excluding carboxylic acids is 1. The summed E-state index contributed by atoms with van der Waals surface area (Å²) in [5, 5.41) is 10.6. The molecule has 0 aliphatic carbocycles. The summed E-state index contributed by atoms with van der Waals surface area (Å²) in [6.45, 7) is 2.95. The van der Waals surface area contributed by atoms with Crippen LogP contribution in [0.2, 0.25) is 0 Å². The second kappa shape index (κ2) is 5.95. The van der Waals surface area contributed by atoms with Gasteiger partial charge in [0.15, 0.2) is 6.10 Å². The predicted molar refractivity (Wildman–Crippen MR) is 49.1 cm³/mol. The van der Waals surface area contributed by atoms with Crippen molar-refractivity contribution in [1.29, 1.82) is 0 Å². The van der Waals surface area contributed by atoms with Gasteiger partial charge in [0.1, 0.15) is 0 Å². The fourth-order valence-electron chi connectivity index (χ4n) is 0.859. The summed E-state index contributed by atoms with van der Waals surface area (Å²) in [5.41, 5.74) is 0. The van der Waals surface area contributed by atoms with Crippen molar-refractivity contribution in [1.82, 2.24) is 5.32 Å². The van der Waals surface area contributed by atoms with Gasteiger partial charge in [0.2, 0.25) is 5.91 Å². The number of halogens is 3. The van der Waals surface area contributed by atoms with E-state index in [0.29, 0.717) is 0 Å². The van der Waals surface area contributed by atoms with Crippen LogP contribution in [-0.4, -0.2) is 29.8 Å². The van der Waals surface area contributed by atoms with E-state index >= 15 is 0 Å². The zero-order valence-corrected chi connectivity index (χ0v) is 8.77. The molecule has 0 radical (unpaired) electrons. The van der Waals surface area contributed by atoms with E-state index in [1.165, 1.54) is 0 Å². The fraction of sp³-hybridized carbons (Fsp3) is 0.889. The van der Waals surface area contributed by atoms with Gasteiger partial charge in [-0.2, -0.15) is 13.2 Å². The Bertz CT molecular complexity index is 206. The van der Waals surface area contributed by atoms with Crippen molar-refractivity contribution in [2.75, 3.05) is 6.54 Å². The van der Waals surface area contributed by atoms with Crippen molar-refractivity contribution < 1.29 is 23.1 Å². The van der Waals surface area contributed by atoms with Crippen LogP contribution >= 0.6 is 0 Å². The second-order valence-electron chi connectivity index (χ2n) is 3.58. The molecule has 0 bridgehead atoms. The number of aliphatic hydroxyl groups is 1. The maximum Gasteiger partial charge on any atom is 0.416 e. The van der Waals surface area contributed by atoms with Gasteiger partial charge in [0.05, 0.1) is 6.54 Å². The fourth-order valence-corrected chi connectivity index (χ4v) is 0.859. The van der Waals surface area contributed by atoms with E-state index in [4.69, 9.17) is 5.11 Å². The topological polar surface area (TPSA) is 49.3 Å². The molecule has 3 nitrogen and oxygen atoms in total. The van der Waals surface area contributed by atoms with Crippen molar-refractivity contribution >= 4 is 5.91 Å². The van der Waals surface area contributed by atoms with E-state index in [1.807, 2.05) is 19.2 Å². The molecule has 6 heteroatoms. The molecule has 0 rings (SSSR count). The van der Waals surface area contributed by atoms with Gasteiger partial charge in [-0.05, 0) is 5.92 Å². The quantitative estimate of drug-likeness (QED) is 0.747. The first-order chi connectivity index (χ1) is 6.77. The number of hydrogen-bond acceptors (Lipinski definition) is 2.